The van der Waals surface area contributed by atoms with E-state index in [0.29, 0.717) is 30.0 Å². The normalized spacial score (nSPS) is 17.9. The molecule has 1 aliphatic rings. The van der Waals surface area contributed by atoms with Crippen LogP contribution in [0.3, 0.4) is 0 Å². The first-order chi connectivity index (χ1) is 13.1. The third kappa shape index (κ3) is 5.04. The number of halogens is 1. The lowest BCUT2D eigenvalue weighted by molar-refractivity contribution is -0.117. The maximum Gasteiger partial charge on any atom is 0.411 e. The Hall–Kier alpha value is -2.93. The van der Waals surface area contributed by atoms with Crippen LogP contribution in [0, 0.1) is 11.7 Å². The average molecular weight is 372 g/mol. The fraction of sp³-hybridized carbons (Fsp3) is 0.300. The zero-order valence-electron chi connectivity index (χ0n) is 14.9. The molecule has 0 bridgehead atoms. The van der Waals surface area contributed by atoms with Gasteiger partial charge in [-0.15, -0.1) is 0 Å². The summed E-state index contributed by atoms with van der Waals surface area (Å²) in [6.07, 6.45) is 0.0219. The molecule has 2 N–H and O–H groups in total. The minimum Gasteiger partial charge on any atom is -0.447 e. The number of benzene rings is 2. The molecule has 6 nitrogen and oxygen atoms in total. The van der Waals surface area contributed by atoms with Crippen LogP contribution in [0.4, 0.5) is 20.6 Å². The molecule has 1 saturated carbocycles. The molecule has 1 aliphatic carbocycles. The molecule has 0 saturated heterocycles. The second kappa shape index (κ2) is 8.64. The highest BCUT2D eigenvalue weighted by atomic mass is 19.1. The predicted molar refractivity (Wildman–Crippen MR) is 99.2 cm³/mol. The van der Waals surface area contributed by atoms with E-state index in [0.717, 1.165) is 0 Å². The minimum absolute atomic E-state index is 0.0942. The SMILES string of the molecule is COCCOC(=O)Nc1cccc(NC(=O)C2CC2c2ccccc2F)c1. The van der Waals surface area contributed by atoms with Crippen LogP contribution in [0.25, 0.3) is 0 Å². The lowest BCUT2D eigenvalue weighted by atomic mass is 10.1. The molecule has 2 aromatic carbocycles. The Balaban J connectivity index is 1.55. The molecule has 2 amide bonds. The van der Waals surface area contributed by atoms with Crippen molar-refractivity contribution in [2.45, 2.75) is 12.3 Å². The summed E-state index contributed by atoms with van der Waals surface area (Å²) in [7, 11) is 1.52. The Kier molecular flexibility index (Phi) is 6.03. The maximum absolute atomic E-state index is 13.8. The van der Waals surface area contributed by atoms with E-state index >= 15 is 0 Å². The van der Waals surface area contributed by atoms with E-state index in [4.69, 9.17) is 9.47 Å². The molecule has 2 aromatic rings. The van der Waals surface area contributed by atoms with Crippen LogP contribution in [0.15, 0.2) is 48.5 Å². The Morgan fingerprint density at radius 2 is 1.81 bits per heavy atom. The monoisotopic (exact) mass is 372 g/mol. The summed E-state index contributed by atoms with van der Waals surface area (Å²) < 4.78 is 23.6. The van der Waals surface area contributed by atoms with Crippen LogP contribution in [0.1, 0.15) is 17.9 Å². The third-order valence-corrected chi connectivity index (χ3v) is 4.33. The highest BCUT2D eigenvalue weighted by Gasteiger charge is 2.45. The van der Waals surface area contributed by atoms with Crippen molar-refractivity contribution in [2.24, 2.45) is 5.92 Å². The van der Waals surface area contributed by atoms with Crippen LogP contribution < -0.4 is 10.6 Å². The molecular formula is C20H21FN2O4. The summed E-state index contributed by atoms with van der Waals surface area (Å²) in [6, 6.07) is 13.3. The second-order valence-corrected chi connectivity index (χ2v) is 6.29. The molecule has 0 spiro atoms. The number of carbonyl (C=O) groups excluding carboxylic acids is 2. The van der Waals surface area contributed by atoms with Gasteiger partial charge in [-0.05, 0) is 42.2 Å². The minimum atomic E-state index is -0.600. The molecule has 2 unspecified atom stereocenters. The van der Waals surface area contributed by atoms with E-state index < -0.39 is 6.09 Å². The fourth-order valence-corrected chi connectivity index (χ4v) is 2.89. The lowest BCUT2D eigenvalue weighted by Gasteiger charge is -2.09. The topological polar surface area (TPSA) is 76.7 Å². The van der Waals surface area contributed by atoms with E-state index in [1.54, 1.807) is 42.5 Å². The average Bonchev–Trinajstić information content (AvgIpc) is 3.43. The number of ether oxygens (including phenoxy) is 2. The van der Waals surface area contributed by atoms with E-state index in [1.165, 1.54) is 13.2 Å². The summed E-state index contributed by atoms with van der Waals surface area (Å²) in [5, 5.41) is 5.40. The summed E-state index contributed by atoms with van der Waals surface area (Å²) in [4.78, 5) is 24.1. The van der Waals surface area contributed by atoms with Crippen molar-refractivity contribution < 1.29 is 23.5 Å². The maximum atomic E-state index is 13.8. The highest BCUT2D eigenvalue weighted by molar-refractivity contribution is 5.96. The summed E-state index contributed by atoms with van der Waals surface area (Å²) in [5.74, 6) is -0.792. The highest BCUT2D eigenvalue weighted by Crippen LogP contribution is 2.48. The van der Waals surface area contributed by atoms with Crippen molar-refractivity contribution in [3.8, 4) is 0 Å². The molecule has 0 aromatic heterocycles. The number of hydrogen-bond acceptors (Lipinski definition) is 4. The number of carbonyl (C=O) groups is 2. The van der Waals surface area contributed by atoms with Gasteiger partial charge in [0.25, 0.3) is 0 Å². The van der Waals surface area contributed by atoms with Crippen LogP contribution in [-0.4, -0.2) is 32.3 Å². The van der Waals surface area contributed by atoms with E-state index in [-0.39, 0.29) is 30.2 Å². The molecule has 1 fully saturated rings. The molecule has 7 heteroatoms. The summed E-state index contributed by atoms with van der Waals surface area (Å²) >= 11 is 0. The molecular weight excluding hydrogens is 351 g/mol. The summed E-state index contributed by atoms with van der Waals surface area (Å²) in [5.41, 5.74) is 1.62. The van der Waals surface area contributed by atoms with Crippen LogP contribution in [0.2, 0.25) is 0 Å². The molecule has 3 rings (SSSR count). The first kappa shape index (κ1) is 18.8. The van der Waals surface area contributed by atoms with Gasteiger partial charge in [-0.1, -0.05) is 24.3 Å². The van der Waals surface area contributed by atoms with Gasteiger partial charge in [-0.3, -0.25) is 10.1 Å². The number of anilines is 2. The number of amides is 2. The first-order valence-electron chi connectivity index (χ1n) is 8.66. The van der Waals surface area contributed by atoms with E-state index in [1.807, 2.05) is 0 Å². The molecule has 142 valence electrons. The molecule has 2 atom stereocenters. The zero-order chi connectivity index (χ0) is 19.2. The summed E-state index contributed by atoms with van der Waals surface area (Å²) in [6.45, 7) is 0.464. The van der Waals surface area contributed by atoms with Crippen molar-refractivity contribution in [2.75, 3.05) is 31.0 Å². The van der Waals surface area contributed by atoms with Crippen LogP contribution in [0.5, 0.6) is 0 Å². The van der Waals surface area contributed by atoms with Gasteiger partial charge in [0, 0.05) is 24.4 Å². The van der Waals surface area contributed by atoms with Crippen molar-refractivity contribution >= 4 is 23.4 Å². The van der Waals surface area contributed by atoms with Gasteiger partial charge in [-0.25, -0.2) is 9.18 Å². The van der Waals surface area contributed by atoms with Crippen LogP contribution >= 0.6 is 0 Å². The molecule has 27 heavy (non-hydrogen) atoms. The van der Waals surface area contributed by atoms with Crippen LogP contribution in [-0.2, 0) is 14.3 Å². The second-order valence-electron chi connectivity index (χ2n) is 6.29. The molecule has 0 aliphatic heterocycles. The van der Waals surface area contributed by atoms with Crippen molar-refractivity contribution in [3.05, 3.63) is 59.9 Å². The Morgan fingerprint density at radius 1 is 1.07 bits per heavy atom. The molecule has 0 radical (unpaired) electrons. The van der Waals surface area contributed by atoms with Gasteiger partial charge < -0.3 is 14.8 Å². The van der Waals surface area contributed by atoms with E-state index in [2.05, 4.69) is 10.6 Å². The smallest absolute Gasteiger partial charge is 0.411 e. The Bertz CT molecular complexity index is 827. The number of rotatable bonds is 7. The van der Waals surface area contributed by atoms with Gasteiger partial charge in [-0.2, -0.15) is 0 Å². The molecule has 0 heterocycles. The number of hydrogen-bond donors (Lipinski definition) is 2. The number of nitrogens with one attached hydrogen (secondary N) is 2. The Morgan fingerprint density at radius 3 is 2.56 bits per heavy atom. The van der Waals surface area contributed by atoms with Gasteiger partial charge in [0.1, 0.15) is 12.4 Å². The third-order valence-electron chi connectivity index (χ3n) is 4.33. The van der Waals surface area contributed by atoms with Gasteiger partial charge in [0.05, 0.1) is 6.61 Å². The van der Waals surface area contributed by atoms with Gasteiger partial charge in [0.2, 0.25) is 5.91 Å². The van der Waals surface area contributed by atoms with Crippen molar-refractivity contribution in [1.29, 1.82) is 0 Å². The Labute approximate surface area is 156 Å². The van der Waals surface area contributed by atoms with Gasteiger partial charge in [0.15, 0.2) is 0 Å². The first-order valence-corrected chi connectivity index (χ1v) is 8.66. The van der Waals surface area contributed by atoms with Crippen molar-refractivity contribution in [1.82, 2.24) is 0 Å². The van der Waals surface area contributed by atoms with Crippen molar-refractivity contribution in [3.63, 3.8) is 0 Å². The van der Waals surface area contributed by atoms with Gasteiger partial charge >= 0.3 is 6.09 Å². The van der Waals surface area contributed by atoms with E-state index in [9.17, 15) is 14.0 Å². The predicted octanol–water partition coefficient (Wildman–Crippen LogP) is 3.76. The standard InChI is InChI=1S/C20H21FN2O4/c1-26-9-10-27-20(25)23-14-6-4-5-13(11-14)22-19(24)17-12-16(17)15-7-2-3-8-18(15)21/h2-8,11,16-17H,9-10,12H2,1H3,(H,22,24)(H,23,25). The zero-order valence-corrected chi connectivity index (χ0v) is 14.9. The fourth-order valence-electron chi connectivity index (χ4n) is 2.89. The largest absolute Gasteiger partial charge is 0.447 e. The quantitative estimate of drug-likeness (QED) is 0.726. The number of methoxy groups -OCH3 is 1. The lowest BCUT2D eigenvalue weighted by Crippen LogP contribution is -2.17.